The van der Waals surface area contributed by atoms with Gasteiger partial charge in [0.05, 0.1) is 16.6 Å². The molecule has 0 aliphatic heterocycles. The summed E-state index contributed by atoms with van der Waals surface area (Å²) in [5.74, 6) is -2.13. The maximum Gasteiger partial charge on any atom is 0.161 e. The topological polar surface area (TPSA) is 28.7 Å². The third-order valence-corrected chi connectivity index (χ3v) is 2.90. The summed E-state index contributed by atoms with van der Waals surface area (Å²) in [5.41, 5.74) is 1.64. The van der Waals surface area contributed by atoms with Crippen LogP contribution in [-0.4, -0.2) is 9.97 Å². The van der Waals surface area contributed by atoms with Gasteiger partial charge in [0.25, 0.3) is 0 Å². The minimum Gasteiger partial charge on any atom is -0.338 e. The van der Waals surface area contributed by atoms with Crippen LogP contribution in [0.15, 0.2) is 30.3 Å². The molecule has 1 aromatic heterocycles. The Morgan fingerprint density at radius 1 is 0.947 bits per heavy atom. The molecule has 0 saturated heterocycles. The number of benzene rings is 2. The van der Waals surface area contributed by atoms with Crippen molar-refractivity contribution in [3.05, 3.63) is 53.3 Å². The summed E-state index contributed by atoms with van der Waals surface area (Å²) in [5, 5.41) is 0. The lowest BCUT2D eigenvalue weighted by Gasteiger charge is -2.00. The van der Waals surface area contributed by atoms with Gasteiger partial charge in [-0.2, -0.15) is 0 Å². The third kappa shape index (κ3) is 1.97. The highest BCUT2D eigenvalue weighted by Crippen LogP contribution is 2.25. The molecule has 3 aromatic rings. The van der Waals surface area contributed by atoms with Gasteiger partial charge in [-0.25, -0.2) is 18.2 Å². The van der Waals surface area contributed by atoms with Crippen LogP contribution in [0.1, 0.15) is 5.56 Å². The third-order valence-electron chi connectivity index (χ3n) is 2.90. The molecule has 0 radical (unpaired) electrons. The van der Waals surface area contributed by atoms with Crippen LogP contribution in [0.5, 0.6) is 0 Å². The molecule has 2 nitrogen and oxygen atoms in total. The average Bonchev–Trinajstić information content (AvgIpc) is 2.72. The molecular weight excluding hydrogens is 253 g/mol. The molecule has 0 atom stereocenters. The lowest BCUT2D eigenvalue weighted by molar-refractivity contribution is 0.510. The number of nitrogens with one attached hydrogen (secondary N) is 1. The number of fused-ring (bicyclic) bond motifs is 1. The fourth-order valence-corrected chi connectivity index (χ4v) is 1.94. The average molecular weight is 262 g/mol. The largest absolute Gasteiger partial charge is 0.338 e. The molecule has 2 aromatic carbocycles. The zero-order valence-electron chi connectivity index (χ0n) is 9.97. The van der Waals surface area contributed by atoms with Gasteiger partial charge in [0.2, 0.25) is 0 Å². The molecule has 0 spiro atoms. The van der Waals surface area contributed by atoms with Crippen LogP contribution < -0.4 is 0 Å². The molecule has 1 heterocycles. The van der Waals surface area contributed by atoms with Crippen molar-refractivity contribution in [2.75, 3.05) is 0 Å². The number of aryl methyl sites for hydroxylation is 1. The molecule has 0 aliphatic rings. The zero-order valence-corrected chi connectivity index (χ0v) is 9.97. The molecule has 0 bridgehead atoms. The van der Waals surface area contributed by atoms with E-state index in [1.54, 1.807) is 19.1 Å². The van der Waals surface area contributed by atoms with Gasteiger partial charge in [-0.05, 0) is 24.6 Å². The van der Waals surface area contributed by atoms with Gasteiger partial charge in [-0.1, -0.05) is 6.07 Å². The summed E-state index contributed by atoms with van der Waals surface area (Å²) < 4.78 is 40.0. The van der Waals surface area contributed by atoms with Crippen LogP contribution in [-0.2, 0) is 0 Å². The van der Waals surface area contributed by atoms with E-state index in [9.17, 15) is 13.2 Å². The number of aromatic amines is 1. The molecule has 3 rings (SSSR count). The van der Waals surface area contributed by atoms with E-state index < -0.39 is 17.5 Å². The molecule has 96 valence electrons. The van der Waals surface area contributed by atoms with Gasteiger partial charge in [-0.3, -0.25) is 0 Å². The van der Waals surface area contributed by atoms with Crippen molar-refractivity contribution in [2.45, 2.75) is 6.92 Å². The molecule has 0 amide bonds. The second-order valence-corrected chi connectivity index (χ2v) is 4.35. The Morgan fingerprint density at radius 2 is 1.68 bits per heavy atom. The molecule has 0 fully saturated rings. The van der Waals surface area contributed by atoms with Crippen molar-refractivity contribution >= 4 is 11.0 Å². The first-order valence-electron chi connectivity index (χ1n) is 5.66. The molecular formula is C14H9F3N2. The van der Waals surface area contributed by atoms with Gasteiger partial charge >= 0.3 is 0 Å². The fourth-order valence-electron chi connectivity index (χ4n) is 1.94. The highest BCUT2D eigenvalue weighted by Gasteiger charge is 2.12. The number of rotatable bonds is 1. The first-order chi connectivity index (χ1) is 9.04. The summed E-state index contributed by atoms with van der Waals surface area (Å²) in [4.78, 5) is 6.86. The van der Waals surface area contributed by atoms with Crippen LogP contribution >= 0.6 is 0 Å². The normalized spacial score (nSPS) is 11.2. The van der Waals surface area contributed by atoms with E-state index in [1.165, 1.54) is 6.07 Å². The summed E-state index contributed by atoms with van der Waals surface area (Å²) in [6.45, 7) is 1.77. The second kappa shape index (κ2) is 4.12. The molecule has 5 heteroatoms. The SMILES string of the molecule is Cc1ccc(-c2nc3cc(F)c(F)cc3[nH]2)c(F)c1. The molecule has 0 aliphatic carbocycles. The van der Waals surface area contributed by atoms with Gasteiger partial charge in [0.15, 0.2) is 11.6 Å². The Morgan fingerprint density at radius 3 is 2.42 bits per heavy atom. The predicted molar refractivity (Wildman–Crippen MR) is 66.1 cm³/mol. The van der Waals surface area contributed by atoms with E-state index in [0.29, 0.717) is 5.52 Å². The number of hydrogen-bond acceptors (Lipinski definition) is 1. The van der Waals surface area contributed by atoms with Crippen LogP contribution in [0.2, 0.25) is 0 Å². The van der Waals surface area contributed by atoms with Crippen LogP contribution in [0.4, 0.5) is 13.2 Å². The minimum absolute atomic E-state index is 0.248. The van der Waals surface area contributed by atoms with Crippen molar-refractivity contribution in [2.24, 2.45) is 0 Å². The summed E-state index contributed by atoms with van der Waals surface area (Å²) in [6.07, 6.45) is 0. The van der Waals surface area contributed by atoms with E-state index in [2.05, 4.69) is 9.97 Å². The van der Waals surface area contributed by atoms with Gasteiger partial charge < -0.3 is 4.98 Å². The van der Waals surface area contributed by atoms with Crippen molar-refractivity contribution in [1.29, 1.82) is 0 Å². The number of nitrogens with zero attached hydrogens (tertiary/aromatic N) is 1. The van der Waals surface area contributed by atoms with Crippen molar-refractivity contribution in [3.8, 4) is 11.4 Å². The molecule has 1 N–H and O–H groups in total. The predicted octanol–water partition coefficient (Wildman–Crippen LogP) is 3.96. The first kappa shape index (κ1) is 11.8. The zero-order chi connectivity index (χ0) is 13.6. The smallest absolute Gasteiger partial charge is 0.161 e. The Labute approximate surface area is 106 Å². The highest BCUT2D eigenvalue weighted by atomic mass is 19.2. The van der Waals surface area contributed by atoms with E-state index in [1.807, 2.05) is 0 Å². The van der Waals surface area contributed by atoms with Crippen LogP contribution in [0.25, 0.3) is 22.4 Å². The minimum atomic E-state index is -0.977. The Bertz CT molecular complexity index is 739. The number of hydrogen-bond donors (Lipinski definition) is 1. The van der Waals surface area contributed by atoms with Gasteiger partial charge in [0, 0.05) is 12.1 Å². The standard InChI is InChI=1S/C14H9F3N2/c1-7-2-3-8(9(15)4-7)14-18-12-5-10(16)11(17)6-13(12)19-14/h2-6H,1H3,(H,18,19). The van der Waals surface area contributed by atoms with Gasteiger partial charge in [0.1, 0.15) is 11.6 Å². The maximum absolute atomic E-state index is 13.8. The van der Waals surface area contributed by atoms with E-state index in [4.69, 9.17) is 0 Å². The second-order valence-electron chi connectivity index (χ2n) is 4.35. The Kier molecular flexibility index (Phi) is 2.55. The lowest BCUT2D eigenvalue weighted by atomic mass is 10.1. The maximum atomic E-state index is 13.8. The highest BCUT2D eigenvalue weighted by molar-refractivity contribution is 5.79. The quantitative estimate of drug-likeness (QED) is 0.706. The number of halogens is 3. The summed E-state index contributed by atoms with van der Waals surface area (Å²) in [7, 11) is 0. The van der Waals surface area contributed by atoms with Gasteiger partial charge in [-0.15, -0.1) is 0 Å². The Hall–Kier alpha value is -2.30. The monoisotopic (exact) mass is 262 g/mol. The van der Waals surface area contributed by atoms with E-state index in [-0.39, 0.29) is 16.9 Å². The van der Waals surface area contributed by atoms with E-state index >= 15 is 0 Å². The number of aromatic nitrogens is 2. The Balaban J connectivity index is 2.20. The fraction of sp³-hybridized carbons (Fsp3) is 0.0714. The number of imidazole rings is 1. The molecule has 0 unspecified atom stereocenters. The van der Waals surface area contributed by atoms with Crippen LogP contribution in [0, 0.1) is 24.4 Å². The molecule has 19 heavy (non-hydrogen) atoms. The van der Waals surface area contributed by atoms with Crippen molar-refractivity contribution in [3.63, 3.8) is 0 Å². The van der Waals surface area contributed by atoms with Crippen molar-refractivity contribution in [1.82, 2.24) is 9.97 Å². The van der Waals surface area contributed by atoms with Crippen molar-refractivity contribution < 1.29 is 13.2 Å². The summed E-state index contributed by atoms with van der Waals surface area (Å²) in [6, 6.07) is 6.69. The molecule has 0 saturated carbocycles. The summed E-state index contributed by atoms with van der Waals surface area (Å²) >= 11 is 0. The first-order valence-corrected chi connectivity index (χ1v) is 5.66. The van der Waals surface area contributed by atoms with E-state index in [0.717, 1.165) is 17.7 Å². The van der Waals surface area contributed by atoms with Crippen LogP contribution in [0.3, 0.4) is 0 Å². The number of H-pyrrole nitrogens is 1. The lowest BCUT2D eigenvalue weighted by Crippen LogP contribution is -1.87.